The number of fused-ring (bicyclic) bond motifs is 1. The molecule has 0 unspecified atom stereocenters. The standard InChI is InChI=1S/C18H17ClF2N4O2S/c1-25(9-16(26)23-12-3-4-14(27-2)13(19)7-12)28-15-6-10(18(20)21)5-11-8-22-24-17(11)15/h3-8,18H,9H2,1-2H3,(H,22,24)(H,23,26). The molecule has 2 aromatic carbocycles. The number of likely N-dealkylation sites (N-methyl/N-ethyl adjacent to an activating group) is 1. The number of benzene rings is 2. The number of amides is 1. The summed E-state index contributed by atoms with van der Waals surface area (Å²) in [5, 5.41) is 10.4. The first-order chi connectivity index (χ1) is 13.4. The number of halogens is 3. The molecule has 0 atom stereocenters. The van der Waals surface area contributed by atoms with Gasteiger partial charge in [0.15, 0.2) is 0 Å². The van der Waals surface area contributed by atoms with E-state index in [1.54, 1.807) is 29.6 Å². The molecule has 0 fully saturated rings. The van der Waals surface area contributed by atoms with E-state index in [0.717, 1.165) is 0 Å². The van der Waals surface area contributed by atoms with E-state index in [9.17, 15) is 13.6 Å². The van der Waals surface area contributed by atoms with Crippen LogP contribution in [-0.4, -0.2) is 41.1 Å². The summed E-state index contributed by atoms with van der Waals surface area (Å²) < 4.78 is 33.0. The summed E-state index contributed by atoms with van der Waals surface area (Å²) >= 11 is 7.23. The molecule has 0 saturated carbocycles. The number of nitrogens with one attached hydrogen (secondary N) is 2. The predicted molar refractivity (Wildman–Crippen MR) is 106 cm³/mol. The van der Waals surface area contributed by atoms with Gasteiger partial charge in [-0.2, -0.15) is 5.10 Å². The highest BCUT2D eigenvalue weighted by Crippen LogP contribution is 2.33. The second-order valence-corrected chi connectivity index (χ2v) is 7.58. The van der Waals surface area contributed by atoms with E-state index in [1.807, 2.05) is 0 Å². The van der Waals surface area contributed by atoms with Gasteiger partial charge in [0.1, 0.15) is 5.75 Å². The molecule has 0 radical (unpaired) electrons. The van der Waals surface area contributed by atoms with Crippen LogP contribution in [-0.2, 0) is 4.79 Å². The van der Waals surface area contributed by atoms with Crippen molar-refractivity contribution in [3.8, 4) is 5.75 Å². The molecule has 1 aromatic heterocycles. The largest absolute Gasteiger partial charge is 0.495 e. The van der Waals surface area contributed by atoms with Gasteiger partial charge in [-0.1, -0.05) is 11.6 Å². The van der Waals surface area contributed by atoms with Gasteiger partial charge in [-0.15, -0.1) is 0 Å². The lowest BCUT2D eigenvalue weighted by molar-refractivity contribution is -0.116. The lowest BCUT2D eigenvalue weighted by atomic mass is 10.2. The van der Waals surface area contributed by atoms with Crippen LogP contribution in [0.25, 0.3) is 10.9 Å². The van der Waals surface area contributed by atoms with Gasteiger partial charge in [0.2, 0.25) is 5.91 Å². The fourth-order valence-electron chi connectivity index (χ4n) is 2.59. The Hall–Kier alpha value is -2.36. The zero-order valence-electron chi connectivity index (χ0n) is 15.0. The molecule has 148 valence electrons. The minimum absolute atomic E-state index is 0.0306. The summed E-state index contributed by atoms with van der Waals surface area (Å²) in [7, 11) is 3.20. The first kappa shape index (κ1) is 20.4. The van der Waals surface area contributed by atoms with Gasteiger partial charge < -0.3 is 10.1 Å². The zero-order chi connectivity index (χ0) is 20.3. The van der Waals surface area contributed by atoms with Gasteiger partial charge in [-0.3, -0.25) is 9.89 Å². The Morgan fingerprint density at radius 3 is 2.86 bits per heavy atom. The van der Waals surface area contributed by atoms with Crippen LogP contribution in [0.4, 0.5) is 14.5 Å². The highest BCUT2D eigenvalue weighted by atomic mass is 35.5. The van der Waals surface area contributed by atoms with Crippen molar-refractivity contribution < 1.29 is 18.3 Å². The van der Waals surface area contributed by atoms with Crippen LogP contribution in [0.5, 0.6) is 5.75 Å². The number of anilines is 1. The summed E-state index contributed by atoms with van der Waals surface area (Å²) in [6.45, 7) is 0.0306. The van der Waals surface area contributed by atoms with E-state index in [2.05, 4.69) is 15.5 Å². The lowest BCUT2D eigenvalue weighted by Crippen LogP contribution is -2.25. The number of nitrogens with zero attached hydrogens (tertiary/aromatic N) is 2. The molecular formula is C18H17ClF2N4O2S. The molecule has 6 nitrogen and oxygen atoms in total. The van der Waals surface area contributed by atoms with Crippen molar-refractivity contribution in [2.24, 2.45) is 0 Å². The van der Waals surface area contributed by atoms with Crippen LogP contribution < -0.4 is 10.1 Å². The predicted octanol–water partition coefficient (Wildman–Crippen LogP) is 4.74. The highest BCUT2D eigenvalue weighted by Gasteiger charge is 2.16. The Kier molecular flexibility index (Phi) is 6.38. The lowest BCUT2D eigenvalue weighted by Gasteiger charge is -2.16. The number of methoxy groups -OCH3 is 1. The average Bonchev–Trinajstić information content (AvgIpc) is 3.10. The van der Waals surface area contributed by atoms with Crippen LogP contribution in [0.3, 0.4) is 0 Å². The molecular weight excluding hydrogens is 410 g/mol. The van der Waals surface area contributed by atoms with E-state index in [0.29, 0.717) is 32.3 Å². The quantitative estimate of drug-likeness (QED) is 0.534. The summed E-state index contributed by atoms with van der Waals surface area (Å²) in [6.07, 6.45) is -1.10. The Labute approximate surface area is 169 Å². The topological polar surface area (TPSA) is 70.2 Å². The van der Waals surface area contributed by atoms with Crippen molar-refractivity contribution in [3.63, 3.8) is 0 Å². The van der Waals surface area contributed by atoms with Crippen molar-refractivity contribution >= 4 is 46.0 Å². The minimum Gasteiger partial charge on any atom is -0.495 e. The third kappa shape index (κ3) is 4.73. The number of aromatic nitrogens is 2. The summed E-state index contributed by atoms with van der Waals surface area (Å²) in [5.41, 5.74) is 1.08. The molecule has 2 N–H and O–H groups in total. The summed E-state index contributed by atoms with van der Waals surface area (Å²) in [6, 6.07) is 7.71. The number of carbonyl (C=O) groups is 1. The normalized spacial score (nSPS) is 11.4. The molecule has 10 heteroatoms. The molecule has 1 heterocycles. The summed E-state index contributed by atoms with van der Waals surface area (Å²) in [4.78, 5) is 12.9. The maximum Gasteiger partial charge on any atom is 0.263 e. The molecule has 0 bridgehead atoms. The maximum absolute atomic E-state index is 13.1. The number of alkyl halides is 2. The second kappa shape index (κ2) is 8.76. The van der Waals surface area contributed by atoms with Gasteiger partial charge in [0.05, 0.1) is 30.4 Å². The van der Waals surface area contributed by atoms with Crippen LogP contribution >= 0.6 is 23.5 Å². The Bertz CT molecular complexity index is 999. The van der Waals surface area contributed by atoms with Crippen LogP contribution in [0, 0.1) is 0 Å². The maximum atomic E-state index is 13.1. The van der Waals surface area contributed by atoms with Gasteiger partial charge in [0.25, 0.3) is 6.43 Å². The SMILES string of the molecule is COc1ccc(NC(=O)CN(C)Sc2cc(C(F)F)cc3cn[nH]c23)cc1Cl. The van der Waals surface area contributed by atoms with E-state index in [1.165, 1.54) is 37.4 Å². The van der Waals surface area contributed by atoms with Gasteiger partial charge in [0, 0.05) is 21.5 Å². The number of hydrogen-bond acceptors (Lipinski definition) is 5. The molecule has 0 aliphatic heterocycles. The average molecular weight is 427 g/mol. The van der Waals surface area contributed by atoms with Crippen molar-refractivity contribution in [1.82, 2.24) is 14.5 Å². The van der Waals surface area contributed by atoms with Gasteiger partial charge in [-0.25, -0.2) is 13.1 Å². The van der Waals surface area contributed by atoms with Crippen molar-refractivity contribution in [1.29, 1.82) is 0 Å². The van der Waals surface area contributed by atoms with Crippen molar-refractivity contribution in [3.05, 3.63) is 47.1 Å². The highest BCUT2D eigenvalue weighted by molar-refractivity contribution is 7.97. The van der Waals surface area contributed by atoms with E-state index in [4.69, 9.17) is 16.3 Å². The number of hydrogen-bond donors (Lipinski definition) is 2. The molecule has 0 spiro atoms. The van der Waals surface area contributed by atoms with Gasteiger partial charge in [-0.05, 0) is 49.3 Å². The number of aromatic amines is 1. The number of carbonyl (C=O) groups excluding carboxylic acids is 1. The molecule has 1 amide bonds. The minimum atomic E-state index is -2.59. The molecule has 0 saturated heterocycles. The molecule has 0 aliphatic carbocycles. The van der Waals surface area contributed by atoms with Crippen LogP contribution in [0.1, 0.15) is 12.0 Å². The Morgan fingerprint density at radius 2 is 2.18 bits per heavy atom. The Balaban J connectivity index is 1.67. The van der Waals surface area contributed by atoms with Crippen LogP contribution in [0.15, 0.2) is 41.4 Å². The Morgan fingerprint density at radius 1 is 1.39 bits per heavy atom. The van der Waals surface area contributed by atoms with Crippen molar-refractivity contribution in [2.75, 3.05) is 26.0 Å². The zero-order valence-corrected chi connectivity index (χ0v) is 16.6. The number of ether oxygens (including phenoxy) is 1. The number of H-pyrrole nitrogens is 1. The van der Waals surface area contributed by atoms with E-state index >= 15 is 0 Å². The smallest absolute Gasteiger partial charge is 0.263 e. The second-order valence-electron chi connectivity index (χ2n) is 5.93. The molecule has 0 aliphatic rings. The van der Waals surface area contributed by atoms with E-state index < -0.39 is 6.43 Å². The third-order valence-corrected chi connectivity index (χ3v) is 5.10. The first-order valence-corrected chi connectivity index (χ1v) is 9.30. The molecule has 3 rings (SSSR count). The fraction of sp³-hybridized carbons (Fsp3) is 0.222. The summed E-state index contributed by atoms with van der Waals surface area (Å²) in [5.74, 6) is 0.233. The third-order valence-electron chi connectivity index (χ3n) is 3.84. The first-order valence-electron chi connectivity index (χ1n) is 8.15. The molecule has 3 aromatic rings. The monoisotopic (exact) mass is 426 g/mol. The van der Waals surface area contributed by atoms with E-state index in [-0.39, 0.29) is 18.0 Å². The van der Waals surface area contributed by atoms with Crippen LogP contribution in [0.2, 0.25) is 5.02 Å². The van der Waals surface area contributed by atoms with Crippen molar-refractivity contribution in [2.45, 2.75) is 11.3 Å². The molecule has 28 heavy (non-hydrogen) atoms. The fourth-order valence-corrected chi connectivity index (χ4v) is 3.81. The van der Waals surface area contributed by atoms with Gasteiger partial charge >= 0.3 is 0 Å². The number of rotatable bonds is 7.